The van der Waals surface area contributed by atoms with Gasteiger partial charge in [-0.2, -0.15) is 0 Å². The summed E-state index contributed by atoms with van der Waals surface area (Å²) in [4.78, 5) is 49.9. The van der Waals surface area contributed by atoms with Gasteiger partial charge < -0.3 is 34.8 Å². The summed E-state index contributed by atoms with van der Waals surface area (Å²) < 4.78 is 28.4. The van der Waals surface area contributed by atoms with Crippen molar-refractivity contribution in [1.82, 2.24) is 30.2 Å². The van der Waals surface area contributed by atoms with Gasteiger partial charge in [-0.1, -0.05) is 25.7 Å². The van der Waals surface area contributed by atoms with Crippen LogP contribution in [0.3, 0.4) is 0 Å². The molecule has 6 fully saturated rings. The van der Waals surface area contributed by atoms with Crippen molar-refractivity contribution in [3.63, 3.8) is 0 Å². The lowest BCUT2D eigenvalue weighted by molar-refractivity contribution is -0.208. The van der Waals surface area contributed by atoms with E-state index in [0.29, 0.717) is 38.1 Å². The molecule has 0 aromatic carbocycles. The number of hydrogen-bond donors (Lipinski definition) is 2. The SMILES string of the molecule is CN1CCN(CCCNC(=O)C2=CN3C4CC5CCCCC5CC4OC4C(NC(=O)CCN5CCOCC5)C(F)CC(C2=O)C43)CC1. The maximum absolute atomic E-state index is 16.2. The largest absolute Gasteiger partial charge is 0.379 e. The minimum Gasteiger partial charge on any atom is -0.379 e. The van der Waals surface area contributed by atoms with Gasteiger partial charge in [-0.25, -0.2) is 4.39 Å². The van der Waals surface area contributed by atoms with Gasteiger partial charge in [-0.05, 0) is 51.1 Å². The first-order chi connectivity index (χ1) is 22.9. The second-order valence-electron chi connectivity index (χ2n) is 15.2. The number of carbonyl (C=O) groups excluding carboxylic acids is 3. The Morgan fingerprint density at radius 1 is 0.957 bits per heavy atom. The molecule has 7 aliphatic rings. The number of piperazine rings is 1. The third-order valence-corrected chi connectivity index (χ3v) is 12.3. The van der Waals surface area contributed by atoms with Crippen molar-refractivity contribution in [2.75, 3.05) is 79.2 Å². The molecule has 7 rings (SSSR count). The zero-order valence-electron chi connectivity index (χ0n) is 28.1. The number of alkyl halides is 1. The van der Waals surface area contributed by atoms with Crippen molar-refractivity contribution in [2.45, 2.75) is 94.3 Å². The van der Waals surface area contributed by atoms with E-state index < -0.39 is 30.3 Å². The standard InChI is InChI=1S/C35H55FN6O5/c1-39-11-13-40(14-12-39)9-4-8-37-35(45)26-22-42-28-19-23-5-2-3-6-24(23)20-29(28)47-34-31(27(36)21-25(32(34)42)33(26)44)38-30(43)7-10-41-15-17-46-18-16-41/h22-25,27-29,31-32,34H,2-21H2,1H3,(H,37,45)(H,38,43). The van der Waals surface area contributed by atoms with E-state index in [0.717, 1.165) is 65.1 Å². The van der Waals surface area contributed by atoms with Gasteiger partial charge in [0, 0.05) is 70.9 Å². The number of ketones is 1. The number of amides is 2. The van der Waals surface area contributed by atoms with Crippen LogP contribution < -0.4 is 10.6 Å². The van der Waals surface area contributed by atoms with Crippen LogP contribution in [-0.4, -0.2) is 153 Å². The average Bonchev–Trinajstić information content (AvgIpc) is 3.08. The number of rotatable bonds is 9. The van der Waals surface area contributed by atoms with Crippen molar-refractivity contribution in [2.24, 2.45) is 17.8 Å². The van der Waals surface area contributed by atoms with Crippen molar-refractivity contribution >= 4 is 17.6 Å². The van der Waals surface area contributed by atoms with Gasteiger partial charge in [0.1, 0.15) is 12.3 Å². The topological polar surface area (TPSA) is 107 Å². The van der Waals surface area contributed by atoms with Gasteiger partial charge in [0.15, 0.2) is 5.78 Å². The third-order valence-electron chi connectivity index (χ3n) is 12.3. The average molecular weight is 659 g/mol. The highest BCUT2D eigenvalue weighted by Crippen LogP contribution is 2.50. The highest BCUT2D eigenvalue weighted by molar-refractivity contribution is 6.20. The van der Waals surface area contributed by atoms with Crippen molar-refractivity contribution < 1.29 is 28.2 Å². The summed E-state index contributed by atoms with van der Waals surface area (Å²) in [7, 11) is 2.14. The monoisotopic (exact) mass is 658 g/mol. The molecule has 0 bridgehead atoms. The summed E-state index contributed by atoms with van der Waals surface area (Å²) in [5.74, 6) is -0.327. The summed E-state index contributed by atoms with van der Waals surface area (Å²) in [5.41, 5.74) is 0.149. The van der Waals surface area contributed by atoms with Crippen molar-refractivity contribution in [1.29, 1.82) is 0 Å². The van der Waals surface area contributed by atoms with Crippen LogP contribution in [0.5, 0.6) is 0 Å². The molecule has 47 heavy (non-hydrogen) atoms. The first-order valence-electron chi connectivity index (χ1n) is 18.5. The lowest BCUT2D eigenvalue weighted by Gasteiger charge is -2.60. The molecule has 262 valence electrons. The molecular weight excluding hydrogens is 603 g/mol. The van der Waals surface area contributed by atoms with Gasteiger partial charge in [0.25, 0.3) is 5.91 Å². The predicted molar refractivity (Wildman–Crippen MR) is 174 cm³/mol. The molecule has 3 saturated heterocycles. The molecule has 3 aliphatic carbocycles. The van der Waals surface area contributed by atoms with Crippen LogP contribution in [0.1, 0.15) is 57.8 Å². The molecule has 3 saturated carbocycles. The first-order valence-corrected chi connectivity index (χ1v) is 18.5. The third kappa shape index (κ3) is 7.27. The number of ether oxygens (including phenoxy) is 2. The molecule has 0 spiro atoms. The molecule has 4 aliphatic heterocycles. The minimum absolute atomic E-state index is 0.0221. The van der Waals surface area contributed by atoms with E-state index in [1.165, 1.54) is 25.7 Å². The Labute approximate surface area is 278 Å². The second-order valence-corrected chi connectivity index (χ2v) is 15.2. The minimum atomic E-state index is -1.44. The van der Waals surface area contributed by atoms with Gasteiger partial charge in [-0.3, -0.25) is 19.3 Å². The first kappa shape index (κ1) is 33.4. The summed E-state index contributed by atoms with van der Waals surface area (Å²) >= 11 is 0. The molecule has 2 amide bonds. The number of likely N-dealkylation sites (N-methyl/N-ethyl adjacent to an activating group) is 1. The highest BCUT2D eigenvalue weighted by atomic mass is 19.1. The van der Waals surface area contributed by atoms with Crippen LogP contribution in [-0.2, 0) is 23.9 Å². The van der Waals surface area contributed by atoms with Crippen molar-refractivity contribution in [3.8, 4) is 0 Å². The molecule has 12 heteroatoms. The maximum Gasteiger partial charge on any atom is 0.256 e. The quantitative estimate of drug-likeness (QED) is 0.279. The Balaban J connectivity index is 1.06. The van der Waals surface area contributed by atoms with E-state index in [9.17, 15) is 14.4 Å². The number of morpholine rings is 2. The van der Waals surface area contributed by atoms with Crippen LogP contribution in [0, 0.1) is 17.8 Å². The van der Waals surface area contributed by atoms with E-state index >= 15 is 4.39 Å². The van der Waals surface area contributed by atoms with E-state index in [-0.39, 0.29) is 48.2 Å². The van der Waals surface area contributed by atoms with Crippen LogP contribution in [0.25, 0.3) is 0 Å². The predicted octanol–water partition coefficient (Wildman–Crippen LogP) is 1.18. The normalized spacial score (nSPS) is 38.1. The van der Waals surface area contributed by atoms with E-state index in [4.69, 9.17) is 9.47 Å². The molecule has 9 unspecified atom stereocenters. The number of nitrogens with one attached hydrogen (secondary N) is 2. The number of fused-ring (bicyclic) bond motifs is 3. The fourth-order valence-electron chi connectivity index (χ4n) is 9.64. The number of Topliss-reactive ketones (excluding diaryl/α,β-unsaturated/α-hetero) is 1. The Hall–Kier alpha value is -2.12. The summed E-state index contributed by atoms with van der Waals surface area (Å²) in [5, 5.41) is 6.04. The number of carbonyl (C=O) groups is 3. The second kappa shape index (κ2) is 14.8. The van der Waals surface area contributed by atoms with E-state index in [1.807, 2.05) is 0 Å². The summed E-state index contributed by atoms with van der Waals surface area (Å²) in [6.07, 6.45) is 7.41. The molecule has 11 nitrogen and oxygen atoms in total. The molecular formula is C35H55FN6O5. The summed E-state index contributed by atoms with van der Waals surface area (Å²) in [6.45, 7) is 9.07. The van der Waals surface area contributed by atoms with E-state index in [2.05, 4.69) is 37.3 Å². The fraction of sp³-hybridized carbons (Fsp3) is 0.857. The van der Waals surface area contributed by atoms with Crippen LogP contribution in [0.4, 0.5) is 4.39 Å². The van der Waals surface area contributed by atoms with Crippen LogP contribution in [0.2, 0.25) is 0 Å². The molecule has 0 aromatic heterocycles. The Kier molecular flexibility index (Phi) is 10.5. The number of hydrogen-bond acceptors (Lipinski definition) is 9. The molecule has 4 heterocycles. The molecule has 0 aromatic rings. The lowest BCUT2D eigenvalue weighted by Crippen LogP contribution is -2.73. The fourth-order valence-corrected chi connectivity index (χ4v) is 9.64. The Morgan fingerprint density at radius 3 is 2.45 bits per heavy atom. The van der Waals surface area contributed by atoms with Crippen molar-refractivity contribution in [3.05, 3.63) is 11.8 Å². The zero-order valence-corrected chi connectivity index (χ0v) is 28.1. The molecule has 0 radical (unpaired) electrons. The van der Waals surface area contributed by atoms with Crippen LogP contribution in [0.15, 0.2) is 11.8 Å². The van der Waals surface area contributed by atoms with Gasteiger partial charge in [0.05, 0.1) is 43.0 Å². The smallest absolute Gasteiger partial charge is 0.256 e. The van der Waals surface area contributed by atoms with Crippen LogP contribution >= 0.6 is 0 Å². The van der Waals surface area contributed by atoms with E-state index in [1.54, 1.807) is 6.20 Å². The zero-order chi connectivity index (χ0) is 32.5. The lowest BCUT2D eigenvalue weighted by atomic mass is 9.65. The van der Waals surface area contributed by atoms with Gasteiger partial charge >= 0.3 is 0 Å². The Bertz CT molecular complexity index is 1180. The van der Waals surface area contributed by atoms with Gasteiger partial charge in [-0.15, -0.1) is 0 Å². The number of nitrogens with zero attached hydrogens (tertiary/aromatic N) is 4. The maximum atomic E-state index is 16.2. The summed E-state index contributed by atoms with van der Waals surface area (Å²) in [6, 6.07) is -1.18. The Morgan fingerprint density at radius 2 is 1.68 bits per heavy atom. The number of halogens is 1. The highest BCUT2D eigenvalue weighted by Gasteiger charge is 2.60. The molecule has 2 N–H and O–H groups in total. The van der Waals surface area contributed by atoms with Gasteiger partial charge in [0.2, 0.25) is 5.91 Å². The molecule has 9 atom stereocenters.